The molecular weight excluding hydrogens is 322 g/mol. The smallest absolute Gasteiger partial charge is 0.0984 e. The number of hydrogen-bond donors (Lipinski definition) is 3. The van der Waals surface area contributed by atoms with Gasteiger partial charge in [-0.3, -0.25) is 0 Å². The molecule has 3 nitrogen and oxygen atoms in total. The summed E-state index contributed by atoms with van der Waals surface area (Å²) in [5.74, 6) is 0.0852. The van der Waals surface area contributed by atoms with Crippen LogP contribution in [0.25, 0.3) is 10.9 Å². The second kappa shape index (κ2) is 9.75. The Balaban J connectivity index is 1.80. The second-order valence-corrected chi connectivity index (χ2v) is 7.71. The Hall–Kier alpha value is -1.84. The van der Waals surface area contributed by atoms with Gasteiger partial charge in [-0.15, -0.1) is 0 Å². The third-order valence-electron chi connectivity index (χ3n) is 5.01. The molecule has 0 aliphatic carbocycles. The first kappa shape index (κ1) is 20.5. The van der Waals surface area contributed by atoms with E-state index in [0.29, 0.717) is 0 Å². The number of rotatable bonds is 9. The van der Waals surface area contributed by atoms with Crippen molar-refractivity contribution in [1.82, 2.24) is 4.98 Å². The number of aliphatic hydroxyl groups is 2. The summed E-state index contributed by atoms with van der Waals surface area (Å²) >= 11 is 0. The van der Waals surface area contributed by atoms with E-state index in [0.717, 1.165) is 31.3 Å². The van der Waals surface area contributed by atoms with Crippen LogP contribution in [-0.2, 0) is 6.42 Å². The maximum absolute atomic E-state index is 10.2. The predicted octanol–water partition coefficient (Wildman–Crippen LogP) is 5.15. The van der Waals surface area contributed by atoms with Crippen LogP contribution in [0, 0.1) is 5.92 Å². The molecule has 26 heavy (non-hydrogen) atoms. The van der Waals surface area contributed by atoms with E-state index in [1.165, 1.54) is 22.0 Å². The lowest BCUT2D eigenvalue weighted by Crippen LogP contribution is -2.30. The van der Waals surface area contributed by atoms with Gasteiger partial charge in [0.2, 0.25) is 0 Å². The number of fused-ring (bicyclic) bond motifs is 1. The maximum Gasteiger partial charge on any atom is 0.0984 e. The van der Waals surface area contributed by atoms with Crippen molar-refractivity contribution in [3.63, 3.8) is 0 Å². The molecule has 0 fully saturated rings. The molecule has 0 aliphatic rings. The van der Waals surface area contributed by atoms with Crippen LogP contribution in [0.15, 0.2) is 53.8 Å². The number of aromatic amines is 1. The van der Waals surface area contributed by atoms with Crippen molar-refractivity contribution in [1.29, 1.82) is 0 Å². The van der Waals surface area contributed by atoms with Gasteiger partial charge >= 0.3 is 0 Å². The highest BCUT2D eigenvalue weighted by Gasteiger charge is 2.20. The normalized spacial score (nSPS) is 15.7. The molecule has 0 spiro atoms. The van der Waals surface area contributed by atoms with E-state index < -0.39 is 12.2 Å². The number of nitrogens with one attached hydrogen (secondary N) is 1. The highest BCUT2D eigenvalue weighted by molar-refractivity contribution is 5.83. The third-order valence-corrected chi connectivity index (χ3v) is 5.01. The molecule has 0 radical (unpaired) electrons. The van der Waals surface area contributed by atoms with E-state index in [9.17, 15) is 10.2 Å². The fourth-order valence-corrected chi connectivity index (χ4v) is 3.34. The minimum absolute atomic E-state index is 0.0852. The number of allylic oxidation sites excluding steroid dienone is 3. The molecule has 3 N–H and O–H groups in total. The van der Waals surface area contributed by atoms with Crippen molar-refractivity contribution >= 4 is 10.9 Å². The lowest BCUT2D eigenvalue weighted by Gasteiger charge is -2.22. The Morgan fingerprint density at radius 3 is 2.62 bits per heavy atom. The van der Waals surface area contributed by atoms with E-state index in [-0.39, 0.29) is 5.92 Å². The first-order valence-corrected chi connectivity index (χ1v) is 9.60. The summed E-state index contributed by atoms with van der Waals surface area (Å²) in [6, 6.07) is 8.39. The molecule has 0 aliphatic heterocycles. The van der Waals surface area contributed by atoms with Crippen LogP contribution in [0.5, 0.6) is 0 Å². The van der Waals surface area contributed by atoms with Crippen LogP contribution >= 0.6 is 0 Å². The van der Waals surface area contributed by atoms with Crippen LogP contribution < -0.4 is 0 Å². The van der Waals surface area contributed by atoms with Gasteiger partial charge < -0.3 is 15.2 Å². The SMILES string of the molecule is CC(C)=CC(O)C(O)C(C)CCCC(C)=CCc1c[nH]c2ccccc12. The average Bonchev–Trinajstić information content (AvgIpc) is 3.01. The minimum Gasteiger partial charge on any atom is -0.390 e. The number of aromatic nitrogens is 1. The molecule has 3 unspecified atom stereocenters. The van der Waals surface area contributed by atoms with E-state index in [1.807, 2.05) is 26.8 Å². The summed E-state index contributed by atoms with van der Waals surface area (Å²) in [6.07, 6.45) is 8.56. The summed E-state index contributed by atoms with van der Waals surface area (Å²) in [6.45, 7) is 8.05. The Labute approximate surface area is 157 Å². The van der Waals surface area contributed by atoms with Crippen molar-refractivity contribution in [2.75, 3.05) is 0 Å². The van der Waals surface area contributed by atoms with Crippen molar-refractivity contribution in [3.05, 3.63) is 59.3 Å². The molecule has 0 saturated heterocycles. The largest absolute Gasteiger partial charge is 0.390 e. The van der Waals surface area contributed by atoms with E-state index in [1.54, 1.807) is 6.08 Å². The molecular formula is C23H33NO2. The predicted molar refractivity (Wildman–Crippen MR) is 110 cm³/mol. The monoisotopic (exact) mass is 355 g/mol. The molecule has 0 bridgehead atoms. The zero-order valence-electron chi connectivity index (χ0n) is 16.5. The maximum atomic E-state index is 10.2. The summed E-state index contributed by atoms with van der Waals surface area (Å²) in [5.41, 5.74) is 4.92. The van der Waals surface area contributed by atoms with Crippen LogP contribution in [-0.4, -0.2) is 27.4 Å². The number of aliphatic hydroxyl groups excluding tert-OH is 2. The van der Waals surface area contributed by atoms with Gasteiger partial charge in [-0.2, -0.15) is 0 Å². The summed E-state index contributed by atoms with van der Waals surface area (Å²) in [4.78, 5) is 3.32. The molecule has 0 amide bonds. The van der Waals surface area contributed by atoms with Crippen LogP contribution in [0.1, 0.15) is 52.5 Å². The minimum atomic E-state index is -0.770. The van der Waals surface area contributed by atoms with Gasteiger partial charge in [0, 0.05) is 17.1 Å². The summed E-state index contributed by atoms with van der Waals surface area (Å²) in [7, 11) is 0. The Kier molecular flexibility index (Phi) is 7.67. The van der Waals surface area contributed by atoms with Crippen molar-refractivity contribution in [3.8, 4) is 0 Å². The van der Waals surface area contributed by atoms with Crippen molar-refractivity contribution < 1.29 is 10.2 Å². The Bertz CT molecular complexity index is 752. The van der Waals surface area contributed by atoms with E-state index in [4.69, 9.17) is 0 Å². The van der Waals surface area contributed by atoms with Gasteiger partial charge in [0.1, 0.15) is 0 Å². The van der Waals surface area contributed by atoms with Gasteiger partial charge in [0.05, 0.1) is 12.2 Å². The second-order valence-electron chi connectivity index (χ2n) is 7.71. The standard InChI is InChI=1S/C23H33NO2/c1-16(2)14-22(25)23(26)18(4)9-7-8-17(3)12-13-19-15-24-21-11-6-5-10-20(19)21/h5-6,10-12,14-15,18,22-26H,7-9,13H2,1-4H3. The molecule has 1 heterocycles. The lowest BCUT2D eigenvalue weighted by atomic mass is 9.92. The Morgan fingerprint density at radius 2 is 1.88 bits per heavy atom. The Morgan fingerprint density at radius 1 is 1.15 bits per heavy atom. The van der Waals surface area contributed by atoms with E-state index in [2.05, 4.69) is 42.4 Å². The fourth-order valence-electron chi connectivity index (χ4n) is 3.34. The van der Waals surface area contributed by atoms with Crippen LogP contribution in [0.3, 0.4) is 0 Å². The highest BCUT2D eigenvalue weighted by Crippen LogP contribution is 2.21. The van der Waals surface area contributed by atoms with Gasteiger partial charge in [-0.05, 0) is 64.0 Å². The van der Waals surface area contributed by atoms with Gasteiger partial charge in [-0.1, -0.05) is 48.4 Å². The first-order valence-electron chi connectivity index (χ1n) is 9.60. The molecule has 0 saturated carbocycles. The number of benzene rings is 1. The zero-order valence-corrected chi connectivity index (χ0v) is 16.5. The van der Waals surface area contributed by atoms with Gasteiger partial charge in [-0.25, -0.2) is 0 Å². The van der Waals surface area contributed by atoms with Crippen LogP contribution in [0.2, 0.25) is 0 Å². The molecule has 142 valence electrons. The summed E-state index contributed by atoms with van der Waals surface area (Å²) < 4.78 is 0. The fraction of sp³-hybridized carbons (Fsp3) is 0.478. The van der Waals surface area contributed by atoms with Gasteiger partial charge in [0.15, 0.2) is 0 Å². The molecule has 2 aromatic rings. The van der Waals surface area contributed by atoms with Crippen LogP contribution in [0.4, 0.5) is 0 Å². The first-order chi connectivity index (χ1) is 12.4. The average molecular weight is 356 g/mol. The van der Waals surface area contributed by atoms with E-state index >= 15 is 0 Å². The summed E-state index contributed by atoms with van der Waals surface area (Å²) in [5, 5.41) is 21.5. The molecule has 3 heteroatoms. The third kappa shape index (κ3) is 5.86. The topological polar surface area (TPSA) is 56.2 Å². The van der Waals surface area contributed by atoms with Crippen molar-refractivity contribution in [2.45, 2.75) is 65.6 Å². The number of hydrogen-bond acceptors (Lipinski definition) is 2. The zero-order chi connectivity index (χ0) is 19.1. The number of H-pyrrole nitrogens is 1. The molecule has 1 aromatic heterocycles. The van der Waals surface area contributed by atoms with Gasteiger partial charge in [0.25, 0.3) is 0 Å². The number of para-hydroxylation sites is 1. The highest BCUT2D eigenvalue weighted by atomic mass is 16.3. The quantitative estimate of drug-likeness (QED) is 0.545. The van der Waals surface area contributed by atoms with Crippen molar-refractivity contribution in [2.24, 2.45) is 5.92 Å². The lowest BCUT2D eigenvalue weighted by molar-refractivity contribution is 0.00978. The molecule has 3 atom stereocenters. The molecule has 1 aromatic carbocycles. The molecule has 2 rings (SSSR count).